The number of benzene rings is 1. The fourth-order valence-electron chi connectivity index (χ4n) is 2.20. The molecule has 1 amide bonds. The van der Waals surface area contributed by atoms with E-state index in [0.29, 0.717) is 24.2 Å². The number of amides is 1. The van der Waals surface area contributed by atoms with E-state index >= 15 is 0 Å². The number of nitrogens with zero attached hydrogens (tertiary/aromatic N) is 1. The highest BCUT2D eigenvalue weighted by Crippen LogP contribution is 2.22. The van der Waals surface area contributed by atoms with Crippen LogP contribution in [0.2, 0.25) is 0 Å². The number of anilines is 1. The van der Waals surface area contributed by atoms with Crippen molar-refractivity contribution in [2.24, 2.45) is 11.7 Å². The van der Waals surface area contributed by atoms with Gasteiger partial charge >= 0.3 is 0 Å². The lowest BCUT2D eigenvalue weighted by Crippen LogP contribution is -2.32. The maximum absolute atomic E-state index is 12.2. The first kappa shape index (κ1) is 13.8. The molecule has 19 heavy (non-hydrogen) atoms. The Morgan fingerprint density at radius 3 is 2.74 bits per heavy atom. The summed E-state index contributed by atoms with van der Waals surface area (Å²) in [5.41, 5.74) is 12.0. The molecule has 104 valence electrons. The van der Waals surface area contributed by atoms with E-state index in [4.69, 9.17) is 11.5 Å². The van der Waals surface area contributed by atoms with Gasteiger partial charge in [0.05, 0.1) is 11.7 Å². The highest BCUT2D eigenvalue weighted by molar-refractivity contribution is 7.88. The van der Waals surface area contributed by atoms with Crippen molar-refractivity contribution in [2.45, 2.75) is 12.2 Å². The lowest BCUT2D eigenvalue weighted by atomic mass is 10.1. The average molecular weight is 283 g/mol. The zero-order valence-electron chi connectivity index (χ0n) is 10.5. The van der Waals surface area contributed by atoms with Crippen molar-refractivity contribution in [1.29, 1.82) is 0 Å². The smallest absolute Gasteiger partial charge is 0.221 e. The zero-order valence-corrected chi connectivity index (χ0v) is 11.3. The summed E-state index contributed by atoms with van der Waals surface area (Å²) in [5.74, 6) is -0.930. The van der Waals surface area contributed by atoms with Crippen molar-refractivity contribution in [3.63, 3.8) is 0 Å². The summed E-state index contributed by atoms with van der Waals surface area (Å²) in [6.45, 7) is 0.526. The quantitative estimate of drug-likeness (QED) is 0.753. The molecule has 1 aliphatic rings. The normalized spacial score (nSPS) is 20.5. The van der Waals surface area contributed by atoms with E-state index in [1.807, 2.05) is 0 Å². The Bertz CT molecular complexity index is 586. The molecule has 2 rings (SSSR count). The SMILES string of the molecule is NC(=O)C1CCN(S(=O)(=O)Cc2cccc(N)c2)C1. The topological polar surface area (TPSA) is 106 Å². The minimum Gasteiger partial charge on any atom is -0.399 e. The Labute approximate surface area is 112 Å². The average Bonchev–Trinajstić information content (AvgIpc) is 2.78. The molecule has 6 nitrogen and oxygen atoms in total. The standard InChI is InChI=1S/C12H17N3O3S/c13-11-3-1-2-9(6-11)8-19(17,18)15-5-4-10(7-15)12(14)16/h1-3,6,10H,4-5,7-8,13H2,(H2,14,16). The van der Waals surface area contributed by atoms with Crippen LogP contribution in [-0.4, -0.2) is 31.7 Å². The van der Waals surface area contributed by atoms with E-state index in [9.17, 15) is 13.2 Å². The number of hydrogen-bond acceptors (Lipinski definition) is 4. The van der Waals surface area contributed by atoms with E-state index < -0.39 is 15.9 Å². The highest BCUT2D eigenvalue weighted by atomic mass is 32.2. The summed E-state index contributed by atoms with van der Waals surface area (Å²) >= 11 is 0. The maximum atomic E-state index is 12.2. The number of carbonyl (C=O) groups is 1. The van der Waals surface area contributed by atoms with Crippen LogP contribution in [0.4, 0.5) is 5.69 Å². The molecule has 1 unspecified atom stereocenters. The van der Waals surface area contributed by atoms with Gasteiger partial charge in [-0.2, -0.15) is 0 Å². The van der Waals surface area contributed by atoms with Crippen LogP contribution in [0.1, 0.15) is 12.0 Å². The Morgan fingerprint density at radius 2 is 2.16 bits per heavy atom. The molecule has 1 saturated heterocycles. The van der Waals surface area contributed by atoms with Gasteiger partial charge in [0.15, 0.2) is 0 Å². The molecular weight excluding hydrogens is 266 g/mol. The Kier molecular flexibility index (Phi) is 3.77. The number of primary amides is 1. The Balaban J connectivity index is 2.09. The molecule has 1 atom stereocenters. The predicted octanol–water partition coefficient (Wildman–Crippen LogP) is -0.0942. The van der Waals surface area contributed by atoms with Gasteiger partial charge in [-0.3, -0.25) is 4.79 Å². The summed E-state index contributed by atoms with van der Waals surface area (Å²) in [7, 11) is -3.43. The molecule has 0 bridgehead atoms. The van der Waals surface area contributed by atoms with Crippen molar-refractivity contribution in [3.8, 4) is 0 Å². The number of nitrogens with two attached hydrogens (primary N) is 2. The second kappa shape index (κ2) is 5.18. The molecule has 4 N–H and O–H groups in total. The van der Waals surface area contributed by atoms with Crippen LogP contribution in [0.15, 0.2) is 24.3 Å². The van der Waals surface area contributed by atoms with E-state index in [1.54, 1.807) is 24.3 Å². The first-order chi connectivity index (χ1) is 8.88. The molecule has 0 saturated carbocycles. The summed E-state index contributed by atoms with van der Waals surface area (Å²) in [5, 5.41) is 0. The summed E-state index contributed by atoms with van der Waals surface area (Å²) in [4.78, 5) is 11.1. The van der Waals surface area contributed by atoms with E-state index in [1.165, 1.54) is 4.31 Å². The van der Waals surface area contributed by atoms with Crippen LogP contribution in [0, 0.1) is 5.92 Å². The number of rotatable bonds is 4. The lowest BCUT2D eigenvalue weighted by molar-refractivity contribution is -0.121. The molecule has 0 spiro atoms. The van der Waals surface area contributed by atoms with Crippen LogP contribution < -0.4 is 11.5 Å². The van der Waals surface area contributed by atoms with Crippen LogP contribution in [0.3, 0.4) is 0 Å². The lowest BCUT2D eigenvalue weighted by Gasteiger charge is -2.16. The number of sulfonamides is 1. The molecule has 1 aromatic carbocycles. The van der Waals surface area contributed by atoms with Crippen molar-refractivity contribution < 1.29 is 13.2 Å². The molecule has 1 heterocycles. The van der Waals surface area contributed by atoms with Crippen molar-refractivity contribution in [2.75, 3.05) is 18.8 Å². The van der Waals surface area contributed by atoms with Crippen molar-refractivity contribution >= 4 is 21.6 Å². The third kappa shape index (κ3) is 3.24. The second-order valence-corrected chi connectivity index (χ2v) is 6.72. The van der Waals surface area contributed by atoms with Gasteiger partial charge < -0.3 is 11.5 Å². The van der Waals surface area contributed by atoms with Gasteiger partial charge in [0.2, 0.25) is 15.9 Å². The van der Waals surface area contributed by atoms with Gasteiger partial charge in [-0.1, -0.05) is 12.1 Å². The third-order valence-corrected chi connectivity index (χ3v) is 5.06. The van der Waals surface area contributed by atoms with Gasteiger partial charge in [0.25, 0.3) is 0 Å². The van der Waals surface area contributed by atoms with Crippen LogP contribution in [0.25, 0.3) is 0 Å². The summed E-state index contributed by atoms with van der Waals surface area (Å²) < 4.78 is 25.8. The summed E-state index contributed by atoms with van der Waals surface area (Å²) in [6, 6.07) is 6.78. The fourth-order valence-corrected chi connectivity index (χ4v) is 3.77. The van der Waals surface area contributed by atoms with Crippen LogP contribution in [0.5, 0.6) is 0 Å². The Hall–Kier alpha value is -1.60. The molecule has 0 aromatic heterocycles. The number of nitrogen functional groups attached to an aromatic ring is 1. The van der Waals surface area contributed by atoms with E-state index in [2.05, 4.69) is 0 Å². The molecule has 1 aliphatic heterocycles. The van der Waals surface area contributed by atoms with Crippen LogP contribution in [-0.2, 0) is 20.6 Å². The van der Waals surface area contributed by atoms with Crippen molar-refractivity contribution in [1.82, 2.24) is 4.31 Å². The van der Waals surface area contributed by atoms with Crippen LogP contribution >= 0.6 is 0 Å². The molecule has 1 fully saturated rings. The summed E-state index contributed by atoms with van der Waals surface area (Å²) in [6.07, 6.45) is 0.492. The third-order valence-electron chi connectivity index (χ3n) is 3.25. The fraction of sp³-hybridized carbons (Fsp3) is 0.417. The highest BCUT2D eigenvalue weighted by Gasteiger charge is 2.33. The second-order valence-electron chi connectivity index (χ2n) is 4.75. The van der Waals surface area contributed by atoms with Gasteiger partial charge in [0, 0.05) is 18.8 Å². The molecule has 0 aliphatic carbocycles. The number of hydrogen-bond donors (Lipinski definition) is 2. The molecule has 1 aromatic rings. The molecular formula is C12H17N3O3S. The minimum atomic E-state index is -3.43. The van der Waals surface area contributed by atoms with Gasteiger partial charge in [-0.05, 0) is 24.1 Å². The Morgan fingerprint density at radius 1 is 1.42 bits per heavy atom. The predicted molar refractivity (Wildman–Crippen MR) is 72.4 cm³/mol. The van der Waals surface area contributed by atoms with E-state index in [-0.39, 0.29) is 18.2 Å². The van der Waals surface area contributed by atoms with E-state index in [0.717, 1.165) is 0 Å². The first-order valence-electron chi connectivity index (χ1n) is 6.00. The maximum Gasteiger partial charge on any atom is 0.221 e. The molecule has 7 heteroatoms. The minimum absolute atomic E-state index is 0.108. The van der Waals surface area contributed by atoms with Crippen molar-refractivity contribution in [3.05, 3.63) is 29.8 Å². The van der Waals surface area contributed by atoms with Gasteiger partial charge in [0.1, 0.15) is 0 Å². The first-order valence-corrected chi connectivity index (χ1v) is 7.61. The monoisotopic (exact) mass is 283 g/mol. The van der Waals surface area contributed by atoms with Gasteiger partial charge in [-0.15, -0.1) is 0 Å². The molecule has 0 radical (unpaired) electrons. The number of carbonyl (C=O) groups excluding carboxylic acids is 1. The van der Waals surface area contributed by atoms with Gasteiger partial charge in [-0.25, -0.2) is 12.7 Å². The largest absolute Gasteiger partial charge is 0.399 e. The zero-order chi connectivity index (χ0) is 14.0.